The monoisotopic (exact) mass is 333 g/mol. The summed E-state index contributed by atoms with van der Waals surface area (Å²) in [7, 11) is 0. The van der Waals surface area contributed by atoms with Crippen molar-refractivity contribution in [1.82, 2.24) is 4.90 Å². The van der Waals surface area contributed by atoms with E-state index in [1.807, 2.05) is 0 Å². The minimum atomic E-state index is -0.374. The Balaban J connectivity index is 0.00000176. The molecule has 2 aliphatic carbocycles. The van der Waals surface area contributed by atoms with Crippen molar-refractivity contribution in [2.75, 3.05) is 32.8 Å². The molecule has 0 aromatic heterocycles. The zero-order valence-electron chi connectivity index (χ0n) is 13.9. The summed E-state index contributed by atoms with van der Waals surface area (Å²) in [6, 6.07) is 0. The van der Waals surface area contributed by atoms with Gasteiger partial charge in [0.05, 0.1) is 24.9 Å². The van der Waals surface area contributed by atoms with Gasteiger partial charge in [-0.05, 0) is 50.9 Å². The van der Waals surface area contributed by atoms with Gasteiger partial charge >= 0.3 is 0 Å². The molecule has 5 heteroatoms. The van der Waals surface area contributed by atoms with Crippen molar-refractivity contribution in [1.29, 1.82) is 0 Å². The molecule has 4 nitrogen and oxygen atoms in total. The average Bonchev–Trinajstić information content (AvgIpc) is 2.99. The smallest absolute Gasteiger partial charge is 0.0900 e. The van der Waals surface area contributed by atoms with Crippen LogP contribution in [0.5, 0.6) is 0 Å². The summed E-state index contributed by atoms with van der Waals surface area (Å²) in [6.07, 6.45) is 5.79. The summed E-state index contributed by atoms with van der Waals surface area (Å²) in [6.45, 7) is 8.06. The summed E-state index contributed by atoms with van der Waals surface area (Å²) >= 11 is 0. The fraction of sp³-hybridized carbons (Fsp3) is 1.00. The number of aliphatic hydroxyl groups excluding tert-OH is 1. The number of halogens is 1. The summed E-state index contributed by atoms with van der Waals surface area (Å²) in [5, 5.41) is 10.2. The SMILES string of the molecule is CC1CN(CC(O)COCC2CC3CCC2C3)CC(C)O1.Cl. The van der Waals surface area contributed by atoms with Crippen molar-refractivity contribution in [2.45, 2.75) is 57.8 Å². The number of nitrogens with zero attached hydrogens (tertiary/aromatic N) is 1. The predicted octanol–water partition coefficient (Wildman–Crippen LogP) is 2.33. The highest BCUT2D eigenvalue weighted by atomic mass is 35.5. The van der Waals surface area contributed by atoms with Gasteiger partial charge < -0.3 is 14.6 Å². The Hall–Kier alpha value is 0.130. The maximum atomic E-state index is 10.2. The molecule has 22 heavy (non-hydrogen) atoms. The largest absolute Gasteiger partial charge is 0.389 e. The lowest BCUT2D eigenvalue weighted by molar-refractivity contribution is -0.0832. The van der Waals surface area contributed by atoms with E-state index in [1.54, 1.807) is 0 Å². The maximum Gasteiger partial charge on any atom is 0.0900 e. The van der Waals surface area contributed by atoms with E-state index < -0.39 is 0 Å². The predicted molar refractivity (Wildman–Crippen MR) is 89.5 cm³/mol. The van der Waals surface area contributed by atoms with E-state index in [4.69, 9.17) is 9.47 Å². The van der Waals surface area contributed by atoms with Gasteiger partial charge in [0.15, 0.2) is 0 Å². The molecule has 2 bridgehead atoms. The van der Waals surface area contributed by atoms with E-state index in [0.29, 0.717) is 13.2 Å². The summed E-state index contributed by atoms with van der Waals surface area (Å²) in [5.74, 6) is 2.65. The second-order valence-electron chi connectivity index (χ2n) is 7.60. The van der Waals surface area contributed by atoms with E-state index in [2.05, 4.69) is 18.7 Å². The maximum absolute atomic E-state index is 10.2. The third-order valence-corrected chi connectivity index (χ3v) is 5.49. The van der Waals surface area contributed by atoms with Gasteiger partial charge in [0, 0.05) is 26.2 Å². The Morgan fingerprint density at radius 2 is 1.91 bits per heavy atom. The molecule has 1 N–H and O–H groups in total. The number of aliphatic hydroxyl groups is 1. The highest BCUT2D eigenvalue weighted by Crippen LogP contribution is 2.48. The Labute approximate surface area is 140 Å². The number of ether oxygens (including phenoxy) is 2. The van der Waals surface area contributed by atoms with Crippen LogP contribution in [0.4, 0.5) is 0 Å². The molecule has 130 valence electrons. The van der Waals surface area contributed by atoms with Gasteiger partial charge in [0.2, 0.25) is 0 Å². The molecule has 1 saturated heterocycles. The lowest BCUT2D eigenvalue weighted by Crippen LogP contribution is -2.48. The Bertz CT molecular complexity index is 334. The first-order valence-electron chi connectivity index (χ1n) is 8.73. The normalized spacial score (nSPS) is 39.7. The van der Waals surface area contributed by atoms with E-state index >= 15 is 0 Å². The fourth-order valence-corrected chi connectivity index (χ4v) is 4.72. The van der Waals surface area contributed by atoms with Crippen LogP contribution in [0.3, 0.4) is 0 Å². The number of morpholine rings is 1. The van der Waals surface area contributed by atoms with Crippen LogP contribution in [0.1, 0.15) is 39.5 Å². The lowest BCUT2D eigenvalue weighted by Gasteiger charge is -2.36. The Kier molecular flexibility index (Phi) is 6.96. The van der Waals surface area contributed by atoms with Crippen molar-refractivity contribution in [3.63, 3.8) is 0 Å². The zero-order valence-corrected chi connectivity index (χ0v) is 14.8. The Morgan fingerprint density at radius 1 is 1.18 bits per heavy atom. The molecule has 0 amide bonds. The first-order chi connectivity index (χ1) is 10.1. The molecule has 0 aromatic carbocycles. The van der Waals surface area contributed by atoms with Gasteiger partial charge in [-0.25, -0.2) is 0 Å². The van der Waals surface area contributed by atoms with Gasteiger partial charge in [-0.3, -0.25) is 4.90 Å². The molecular weight excluding hydrogens is 302 g/mol. The van der Waals surface area contributed by atoms with Crippen LogP contribution < -0.4 is 0 Å². The van der Waals surface area contributed by atoms with E-state index in [9.17, 15) is 5.11 Å². The first-order valence-corrected chi connectivity index (χ1v) is 8.73. The van der Waals surface area contributed by atoms with Crippen LogP contribution in [-0.2, 0) is 9.47 Å². The highest BCUT2D eigenvalue weighted by molar-refractivity contribution is 5.85. The van der Waals surface area contributed by atoms with Crippen molar-refractivity contribution >= 4 is 12.4 Å². The molecule has 0 radical (unpaired) electrons. The summed E-state index contributed by atoms with van der Waals surface area (Å²) in [5.41, 5.74) is 0. The molecule has 0 spiro atoms. The van der Waals surface area contributed by atoms with Crippen LogP contribution >= 0.6 is 12.4 Å². The first kappa shape index (κ1) is 18.5. The topological polar surface area (TPSA) is 41.9 Å². The van der Waals surface area contributed by atoms with Gasteiger partial charge in [-0.15, -0.1) is 12.4 Å². The lowest BCUT2D eigenvalue weighted by atomic mass is 9.90. The average molecular weight is 334 g/mol. The molecular formula is C17H32ClNO3. The number of fused-ring (bicyclic) bond motifs is 2. The van der Waals surface area contributed by atoms with Crippen molar-refractivity contribution < 1.29 is 14.6 Å². The van der Waals surface area contributed by atoms with Crippen molar-refractivity contribution in [3.8, 4) is 0 Å². The number of rotatable bonds is 6. The minimum Gasteiger partial charge on any atom is -0.389 e. The molecule has 1 aliphatic heterocycles. The standard InChI is InChI=1S/C17H31NO3.ClH/c1-12-7-18(8-13(2)21-12)9-17(19)11-20-10-16-6-14-3-4-15(16)5-14;/h12-17,19H,3-11H2,1-2H3;1H. The second kappa shape index (κ2) is 8.29. The van der Waals surface area contributed by atoms with E-state index in [1.165, 1.54) is 25.7 Å². The van der Waals surface area contributed by atoms with Gasteiger partial charge in [0.25, 0.3) is 0 Å². The zero-order chi connectivity index (χ0) is 14.8. The van der Waals surface area contributed by atoms with Crippen LogP contribution in [0, 0.1) is 17.8 Å². The van der Waals surface area contributed by atoms with Gasteiger partial charge in [-0.2, -0.15) is 0 Å². The van der Waals surface area contributed by atoms with Crippen LogP contribution in [0.2, 0.25) is 0 Å². The number of β-amino-alcohol motifs (C(OH)–C–C–N with tert-alkyl or cyclic N) is 1. The van der Waals surface area contributed by atoms with E-state index in [0.717, 1.165) is 37.5 Å². The molecule has 6 atom stereocenters. The molecule has 2 saturated carbocycles. The van der Waals surface area contributed by atoms with Crippen molar-refractivity contribution in [3.05, 3.63) is 0 Å². The summed E-state index contributed by atoms with van der Waals surface area (Å²) in [4.78, 5) is 2.30. The number of hydrogen-bond acceptors (Lipinski definition) is 4. The van der Waals surface area contributed by atoms with Gasteiger partial charge in [0.1, 0.15) is 0 Å². The van der Waals surface area contributed by atoms with Crippen LogP contribution in [0.25, 0.3) is 0 Å². The quantitative estimate of drug-likeness (QED) is 0.810. The molecule has 0 aromatic rings. The van der Waals surface area contributed by atoms with Gasteiger partial charge in [-0.1, -0.05) is 6.42 Å². The molecule has 1 heterocycles. The number of hydrogen-bond donors (Lipinski definition) is 1. The molecule has 6 unspecified atom stereocenters. The minimum absolute atomic E-state index is 0. The van der Waals surface area contributed by atoms with E-state index in [-0.39, 0.29) is 30.7 Å². The van der Waals surface area contributed by atoms with Crippen LogP contribution in [0.15, 0.2) is 0 Å². The fourth-order valence-electron chi connectivity index (χ4n) is 4.72. The second-order valence-corrected chi connectivity index (χ2v) is 7.60. The van der Waals surface area contributed by atoms with Crippen LogP contribution in [-0.4, -0.2) is 61.2 Å². The third kappa shape index (κ3) is 4.81. The summed E-state index contributed by atoms with van der Waals surface area (Å²) < 4.78 is 11.5. The molecule has 3 rings (SSSR count). The Morgan fingerprint density at radius 3 is 2.50 bits per heavy atom. The molecule has 3 fully saturated rings. The third-order valence-electron chi connectivity index (χ3n) is 5.49. The highest BCUT2D eigenvalue weighted by Gasteiger charge is 2.39. The molecule has 3 aliphatic rings. The van der Waals surface area contributed by atoms with Crippen molar-refractivity contribution in [2.24, 2.45) is 17.8 Å².